The van der Waals surface area contributed by atoms with Gasteiger partial charge in [-0.15, -0.1) is 0 Å². The van der Waals surface area contributed by atoms with Gasteiger partial charge >= 0.3 is 12.2 Å². The zero-order chi connectivity index (χ0) is 15.6. The van der Waals surface area contributed by atoms with Crippen molar-refractivity contribution in [2.75, 3.05) is 5.32 Å². The van der Waals surface area contributed by atoms with Crippen molar-refractivity contribution in [3.63, 3.8) is 0 Å². The summed E-state index contributed by atoms with van der Waals surface area (Å²) in [5, 5.41) is 14.5. The molecule has 0 aliphatic heterocycles. The number of benzene rings is 1. The highest BCUT2D eigenvalue weighted by Crippen LogP contribution is 2.30. The Hall–Kier alpha value is -2.53. The smallest absolute Gasteiger partial charge is 0.306 e. The van der Waals surface area contributed by atoms with Gasteiger partial charge in [0.25, 0.3) is 0 Å². The van der Waals surface area contributed by atoms with Crippen LogP contribution in [0.15, 0.2) is 30.5 Å². The Morgan fingerprint density at radius 1 is 1.33 bits per heavy atom. The first-order valence-corrected chi connectivity index (χ1v) is 5.83. The molecule has 0 unspecified atom stereocenters. The average molecular weight is 315 g/mol. The van der Waals surface area contributed by atoms with Crippen molar-refractivity contribution in [3.8, 4) is 6.07 Å². The van der Waals surface area contributed by atoms with Gasteiger partial charge in [-0.3, -0.25) is 0 Å². The number of nitriles is 1. The lowest BCUT2D eigenvalue weighted by molar-refractivity contribution is -0.141. The summed E-state index contributed by atoms with van der Waals surface area (Å²) in [4.78, 5) is 11.8. The lowest BCUT2D eigenvalue weighted by Gasteiger charge is -2.05. The minimum atomic E-state index is -4.81. The molecule has 0 saturated carbocycles. The molecule has 0 radical (unpaired) electrons. The van der Waals surface area contributed by atoms with Crippen molar-refractivity contribution < 1.29 is 18.0 Å². The van der Waals surface area contributed by atoms with E-state index in [0.29, 0.717) is 21.6 Å². The Morgan fingerprint density at radius 2 is 1.95 bits per heavy atom. The van der Waals surface area contributed by atoms with Crippen molar-refractivity contribution in [2.45, 2.75) is 6.18 Å². The van der Waals surface area contributed by atoms with Crippen molar-refractivity contribution in [1.82, 2.24) is 9.78 Å². The number of halogens is 4. The summed E-state index contributed by atoms with van der Waals surface area (Å²) in [6.07, 6.45) is -4.09. The number of amides is 1. The predicted molar refractivity (Wildman–Crippen MR) is 67.8 cm³/mol. The Labute approximate surface area is 121 Å². The molecule has 0 bridgehead atoms. The van der Waals surface area contributed by atoms with Crippen molar-refractivity contribution in [2.24, 2.45) is 0 Å². The quantitative estimate of drug-likeness (QED) is 0.875. The SMILES string of the molecule is N#Cc1cn(C(=O)Nc2ccc(Cl)cc2)nc1C(F)(F)F. The van der Waals surface area contributed by atoms with E-state index in [1.807, 2.05) is 0 Å². The molecule has 0 aliphatic rings. The number of alkyl halides is 3. The van der Waals surface area contributed by atoms with Crippen LogP contribution in [0.1, 0.15) is 11.3 Å². The van der Waals surface area contributed by atoms with Crippen LogP contribution < -0.4 is 5.32 Å². The number of nitrogens with one attached hydrogen (secondary N) is 1. The number of anilines is 1. The zero-order valence-electron chi connectivity index (χ0n) is 10.1. The molecule has 1 aromatic carbocycles. The molecule has 2 rings (SSSR count). The molecule has 9 heteroatoms. The number of carbonyl (C=O) groups excluding carboxylic acids is 1. The number of rotatable bonds is 1. The van der Waals surface area contributed by atoms with E-state index in [1.54, 1.807) is 0 Å². The van der Waals surface area contributed by atoms with Crippen molar-refractivity contribution in [1.29, 1.82) is 5.26 Å². The van der Waals surface area contributed by atoms with E-state index >= 15 is 0 Å². The Bertz CT molecular complexity index is 716. The summed E-state index contributed by atoms with van der Waals surface area (Å²) in [7, 11) is 0. The van der Waals surface area contributed by atoms with E-state index in [2.05, 4.69) is 10.4 Å². The van der Waals surface area contributed by atoms with Gasteiger partial charge in [-0.2, -0.15) is 28.2 Å². The van der Waals surface area contributed by atoms with E-state index in [1.165, 1.54) is 30.3 Å². The summed E-state index contributed by atoms with van der Waals surface area (Å²) >= 11 is 5.67. The summed E-state index contributed by atoms with van der Waals surface area (Å²) in [5.41, 5.74) is -1.81. The summed E-state index contributed by atoms with van der Waals surface area (Å²) in [5.74, 6) is 0. The molecule has 21 heavy (non-hydrogen) atoms. The minimum absolute atomic E-state index is 0.326. The van der Waals surface area contributed by atoms with Gasteiger partial charge in [0.2, 0.25) is 0 Å². The van der Waals surface area contributed by atoms with Gasteiger partial charge in [-0.05, 0) is 24.3 Å². The van der Waals surface area contributed by atoms with Crippen LogP contribution in [-0.2, 0) is 6.18 Å². The molecule has 108 valence electrons. The van der Waals surface area contributed by atoms with Crippen LogP contribution in [0.5, 0.6) is 0 Å². The third-order valence-corrected chi connectivity index (χ3v) is 2.66. The standard InChI is InChI=1S/C12H6ClF3N4O/c13-8-1-3-9(4-2-8)18-11(21)20-6-7(5-17)10(19-20)12(14,15)16/h1-4,6H,(H,18,21). The Kier molecular flexibility index (Phi) is 3.86. The van der Waals surface area contributed by atoms with E-state index in [4.69, 9.17) is 16.9 Å². The molecule has 0 aliphatic carbocycles. The van der Waals surface area contributed by atoms with Crippen molar-refractivity contribution in [3.05, 3.63) is 46.7 Å². The van der Waals surface area contributed by atoms with Crippen LogP contribution in [0, 0.1) is 11.3 Å². The number of nitrogens with zero attached hydrogens (tertiary/aromatic N) is 3. The van der Waals surface area contributed by atoms with Crippen LogP contribution >= 0.6 is 11.6 Å². The number of hydrogen-bond donors (Lipinski definition) is 1. The molecule has 0 saturated heterocycles. The maximum absolute atomic E-state index is 12.6. The monoisotopic (exact) mass is 314 g/mol. The second-order valence-corrected chi connectivity index (χ2v) is 4.32. The molecule has 5 nitrogen and oxygen atoms in total. The average Bonchev–Trinajstić information content (AvgIpc) is 2.85. The Balaban J connectivity index is 2.26. The van der Waals surface area contributed by atoms with E-state index in [0.717, 1.165) is 0 Å². The van der Waals surface area contributed by atoms with Gasteiger partial charge < -0.3 is 5.32 Å². The lowest BCUT2D eigenvalue weighted by atomic mass is 10.3. The molecule has 1 amide bonds. The molecule has 1 aromatic heterocycles. The molecule has 0 fully saturated rings. The summed E-state index contributed by atoms with van der Waals surface area (Å²) < 4.78 is 38.3. The van der Waals surface area contributed by atoms with Gasteiger partial charge in [0.15, 0.2) is 5.69 Å². The highest BCUT2D eigenvalue weighted by atomic mass is 35.5. The topological polar surface area (TPSA) is 70.7 Å². The largest absolute Gasteiger partial charge is 0.436 e. The molecule has 2 aromatic rings. The van der Waals surface area contributed by atoms with Gasteiger partial charge in [-0.25, -0.2) is 4.79 Å². The fraction of sp³-hybridized carbons (Fsp3) is 0.0833. The molecular weight excluding hydrogens is 309 g/mol. The summed E-state index contributed by atoms with van der Waals surface area (Å²) in [6.45, 7) is 0. The van der Waals surface area contributed by atoms with Crippen LogP contribution in [-0.4, -0.2) is 15.8 Å². The highest BCUT2D eigenvalue weighted by Gasteiger charge is 2.38. The van der Waals surface area contributed by atoms with E-state index in [9.17, 15) is 18.0 Å². The lowest BCUT2D eigenvalue weighted by Crippen LogP contribution is -2.20. The number of carbonyl (C=O) groups is 1. The second kappa shape index (κ2) is 5.46. The fourth-order valence-corrected chi connectivity index (χ4v) is 1.61. The van der Waals surface area contributed by atoms with Gasteiger partial charge in [0.05, 0.1) is 6.20 Å². The molecule has 0 spiro atoms. The van der Waals surface area contributed by atoms with Crippen LogP contribution in [0.2, 0.25) is 5.02 Å². The first-order chi connectivity index (χ1) is 9.81. The normalized spacial score (nSPS) is 11.0. The molecule has 1 heterocycles. The minimum Gasteiger partial charge on any atom is -0.306 e. The first-order valence-electron chi connectivity index (χ1n) is 5.45. The number of aromatic nitrogens is 2. The maximum atomic E-state index is 12.6. The molecule has 1 N–H and O–H groups in total. The zero-order valence-corrected chi connectivity index (χ0v) is 10.9. The predicted octanol–water partition coefficient (Wildman–Crippen LogP) is 3.51. The summed E-state index contributed by atoms with van der Waals surface area (Å²) in [6, 6.07) is 6.37. The third-order valence-electron chi connectivity index (χ3n) is 2.41. The fourth-order valence-electron chi connectivity index (χ4n) is 1.48. The number of hydrogen-bond acceptors (Lipinski definition) is 3. The van der Waals surface area contributed by atoms with E-state index in [-0.39, 0.29) is 0 Å². The van der Waals surface area contributed by atoms with Gasteiger partial charge in [-0.1, -0.05) is 11.6 Å². The van der Waals surface area contributed by atoms with Crippen molar-refractivity contribution >= 4 is 23.3 Å². The van der Waals surface area contributed by atoms with Crippen LogP contribution in [0.4, 0.5) is 23.7 Å². The second-order valence-electron chi connectivity index (χ2n) is 3.88. The first kappa shape index (κ1) is 14.9. The van der Waals surface area contributed by atoms with Gasteiger partial charge in [0.1, 0.15) is 11.6 Å². The van der Waals surface area contributed by atoms with Gasteiger partial charge in [0, 0.05) is 10.7 Å². The molecular formula is C12H6ClF3N4O. The van der Waals surface area contributed by atoms with E-state index < -0.39 is 23.5 Å². The Morgan fingerprint density at radius 3 is 2.43 bits per heavy atom. The van der Waals surface area contributed by atoms with Crippen LogP contribution in [0.3, 0.4) is 0 Å². The van der Waals surface area contributed by atoms with Crippen LogP contribution in [0.25, 0.3) is 0 Å². The molecule has 0 atom stereocenters. The maximum Gasteiger partial charge on any atom is 0.436 e. The third kappa shape index (κ3) is 3.32. The highest BCUT2D eigenvalue weighted by molar-refractivity contribution is 6.30.